The van der Waals surface area contributed by atoms with E-state index in [-0.39, 0.29) is 115 Å². The zero-order valence-corrected chi connectivity index (χ0v) is 65.0. The van der Waals surface area contributed by atoms with Crippen molar-refractivity contribution in [3.63, 3.8) is 0 Å². The molecule has 104 heavy (non-hydrogen) atoms. The number of halogens is 4. The minimum atomic E-state index is -4.51. The molecule has 0 aromatic heterocycles. The first-order valence-corrected chi connectivity index (χ1v) is 39.2. The third-order valence-electron chi connectivity index (χ3n) is 23.7. The second kappa shape index (κ2) is 38.0. The van der Waals surface area contributed by atoms with Crippen LogP contribution in [0.2, 0.25) is 0 Å². The molecule has 7 rings (SSSR count). The Kier molecular flexibility index (Phi) is 31.0. The average Bonchev–Trinajstić information content (AvgIpc) is 1.70. The highest BCUT2D eigenvalue weighted by molar-refractivity contribution is 6.21. The van der Waals surface area contributed by atoms with E-state index in [2.05, 4.69) is 16.0 Å². The molecule has 4 saturated heterocycles. The lowest BCUT2D eigenvalue weighted by molar-refractivity contribution is -0.182. The van der Waals surface area contributed by atoms with Crippen LogP contribution in [0.1, 0.15) is 209 Å². The summed E-state index contributed by atoms with van der Waals surface area (Å²) in [6.07, 6.45) is 4.92. The third kappa shape index (κ3) is 20.7. The van der Waals surface area contributed by atoms with Gasteiger partial charge in [-0.25, -0.2) is 0 Å². The number of alkyl halides is 4. The van der Waals surface area contributed by atoms with Gasteiger partial charge in [-0.05, 0) is 132 Å². The van der Waals surface area contributed by atoms with Crippen LogP contribution in [-0.2, 0) is 62.3 Å². The fourth-order valence-corrected chi connectivity index (χ4v) is 17.4. The van der Waals surface area contributed by atoms with Crippen molar-refractivity contribution < 1.29 is 75.4 Å². The fraction of sp³-hybridized carbons (Fsp3) is 0.840. The Bertz CT molecular complexity index is 3020. The van der Waals surface area contributed by atoms with Gasteiger partial charge in [0.2, 0.25) is 70.9 Å². The fourth-order valence-electron chi connectivity index (χ4n) is 16.9. The predicted molar refractivity (Wildman–Crippen MR) is 385 cm³/mol. The lowest BCUT2D eigenvalue weighted by Crippen LogP contribution is -2.66. The maximum atomic E-state index is 15.5. The second-order valence-electron chi connectivity index (χ2n) is 32.0. The standard InChI is InChI=1S/C75H122ClF3N12O13/c1-14-39-104-45-59-70(100)91-38-32-55(91)68(98)85(10)57(42-49-25-18-16-19-26-49)67(97)83(8)44-60(92)80-53(31-29-50-28-30-51(52(76)41-50)75(77,78)79)66(96)90-37-24-27-54(90)65(95)82-74(33-20-21-34-74)73(103)88(13)63(47(5)6)72(102)86(11)58(69(99)89-35-22-17-23-36-89)43-61(93)84(9)56(40-46(3)4)64(94)81-62(48(7)15-2)71(101)87(59)12/h46-59,62-63H,14-45H2,1-13H3,(H,80,92)(H,81,94)(H,82,95)/t48-,50?,51?,52?,53-,54-,55-,56-,57-,58-,59-,62-,63-/m0/s1. The molecule has 7 fully saturated rings. The molecule has 3 saturated carbocycles. The summed E-state index contributed by atoms with van der Waals surface area (Å²) in [5.74, 6) is -11.0. The number of nitrogens with zero attached hydrogens (tertiary/aromatic N) is 9. The van der Waals surface area contributed by atoms with E-state index in [4.69, 9.17) is 16.3 Å². The van der Waals surface area contributed by atoms with Crippen LogP contribution < -0.4 is 16.0 Å². The Morgan fingerprint density at radius 2 is 1.24 bits per heavy atom. The summed E-state index contributed by atoms with van der Waals surface area (Å²) in [4.78, 5) is 194. The van der Waals surface area contributed by atoms with Gasteiger partial charge in [0, 0.05) is 80.4 Å². The van der Waals surface area contributed by atoms with Gasteiger partial charge in [0.15, 0.2) is 0 Å². The molecule has 3 N–H and O–H groups in total. The van der Waals surface area contributed by atoms with Crippen LogP contribution >= 0.6 is 11.6 Å². The molecule has 1 spiro atoms. The molecule has 25 nitrogen and oxygen atoms in total. The van der Waals surface area contributed by atoms with Crippen LogP contribution in [0.3, 0.4) is 0 Å². The van der Waals surface area contributed by atoms with Gasteiger partial charge in [-0.15, -0.1) is 11.6 Å². The zero-order valence-electron chi connectivity index (χ0n) is 64.2. The molecule has 12 amide bonds. The van der Waals surface area contributed by atoms with Crippen molar-refractivity contribution >= 4 is 82.5 Å². The Morgan fingerprint density at radius 1 is 0.606 bits per heavy atom. The van der Waals surface area contributed by atoms with Gasteiger partial charge in [0.25, 0.3) is 0 Å². The Labute approximate surface area is 619 Å². The van der Waals surface area contributed by atoms with E-state index in [9.17, 15) is 18.0 Å². The molecule has 13 atom stereocenters. The predicted octanol–water partition coefficient (Wildman–Crippen LogP) is 6.50. The van der Waals surface area contributed by atoms with Gasteiger partial charge in [0.05, 0.1) is 25.5 Å². The molecule has 4 heterocycles. The molecule has 0 aromatic rings. The summed E-state index contributed by atoms with van der Waals surface area (Å²) in [5, 5.41) is 7.65. The van der Waals surface area contributed by atoms with Crippen molar-refractivity contribution in [2.75, 3.05) is 88.2 Å². The van der Waals surface area contributed by atoms with Gasteiger partial charge < -0.3 is 64.8 Å². The number of likely N-dealkylation sites (N-methyl/N-ethyl adjacent to an activating group) is 6. The van der Waals surface area contributed by atoms with E-state index < -0.39 is 173 Å². The van der Waals surface area contributed by atoms with Crippen LogP contribution in [0, 0.1) is 35.5 Å². The zero-order chi connectivity index (χ0) is 76.8. The van der Waals surface area contributed by atoms with Crippen molar-refractivity contribution in [3.8, 4) is 0 Å². The van der Waals surface area contributed by atoms with Gasteiger partial charge in [-0.3, -0.25) is 57.5 Å². The lowest BCUT2D eigenvalue weighted by atomic mass is 9.78. The number of piperidine rings is 1. The normalized spacial score (nSPS) is 30.3. The number of nitrogens with one attached hydrogen (secondary N) is 3. The second-order valence-corrected chi connectivity index (χ2v) is 32.5. The van der Waals surface area contributed by atoms with Crippen LogP contribution in [0.4, 0.5) is 13.2 Å². The quantitative estimate of drug-likeness (QED) is 0.117. The van der Waals surface area contributed by atoms with Crippen molar-refractivity contribution in [1.29, 1.82) is 0 Å². The number of ether oxygens (including phenoxy) is 1. The Balaban J connectivity index is 1.30. The van der Waals surface area contributed by atoms with Gasteiger partial charge >= 0.3 is 6.18 Å². The summed E-state index contributed by atoms with van der Waals surface area (Å²) in [7, 11) is 8.67. The summed E-state index contributed by atoms with van der Waals surface area (Å²) in [5.41, 5.74) is -1.57. The maximum absolute atomic E-state index is 15.5. The van der Waals surface area contributed by atoms with Gasteiger partial charge in [0.1, 0.15) is 59.9 Å². The van der Waals surface area contributed by atoms with E-state index in [1.165, 1.54) is 81.5 Å². The largest absolute Gasteiger partial charge is 0.393 e. The number of hydrogen-bond donors (Lipinski definition) is 3. The van der Waals surface area contributed by atoms with Crippen LogP contribution in [-0.4, -0.2) is 275 Å². The summed E-state index contributed by atoms with van der Waals surface area (Å²) in [6, 6.07) is -11.2. The molecular weight excluding hydrogens is 1370 g/mol. The van der Waals surface area contributed by atoms with E-state index in [0.717, 1.165) is 38.5 Å². The minimum Gasteiger partial charge on any atom is -0.379 e. The minimum absolute atomic E-state index is 0.00399. The smallest absolute Gasteiger partial charge is 0.379 e. The Hall–Kier alpha value is -6.32. The number of carbonyl (C=O) groups excluding carboxylic acids is 12. The van der Waals surface area contributed by atoms with E-state index in [1.807, 2.05) is 27.7 Å². The highest BCUT2D eigenvalue weighted by atomic mass is 35.5. The van der Waals surface area contributed by atoms with Gasteiger partial charge in [-0.2, -0.15) is 13.2 Å². The number of amides is 12. The molecule has 29 heteroatoms. The van der Waals surface area contributed by atoms with Crippen molar-refractivity contribution in [2.45, 2.75) is 280 Å². The molecule has 588 valence electrons. The molecule has 0 aromatic carbocycles. The molecule has 7 aliphatic rings. The average molecular weight is 1490 g/mol. The third-order valence-corrected chi connectivity index (χ3v) is 24.2. The topological polar surface area (TPSA) is 279 Å². The Morgan fingerprint density at radius 3 is 1.83 bits per heavy atom. The van der Waals surface area contributed by atoms with E-state index >= 15 is 52.7 Å². The SMILES string of the molecule is CCCOC[C@H]1C(=O)N2CC[C@H]2C(=O)N(C)[C@@H](CC2CCCCC2)C(=O)N(C)CC(=O)N[C@@H](CCC2CCC(C(F)(F)F)C(Cl)C2)C(=O)N2CCC[C@H]2C(=O)NC2(CCCC2)C(=O)N(C)[C@@H](C(C)C)C(=O)N(C)[C@H](C(=O)N2CCCCC2)CC(=O)N(C)[C@@H](CC(C)C)C(=O)N[C@@H]([C@@H](C)CC)C(=O)N1C. The summed E-state index contributed by atoms with van der Waals surface area (Å²) >= 11 is 6.42. The number of fused-ring (bicyclic) bond motifs is 2. The van der Waals surface area contributed by atoms with Crippen molar-refractivity contribution in [1.82, 2.24) is 60.0 Å². The molecule has 4 aliphatic heterocycles. The highest BCUT2D eigenvalue weighted by Crippen LogP contribution is 2.44. The maximum Gasteiger partial charge on any atom is 0.393 e. The number of rotatable bonds is 15. The molecular formula is C75H122ClF3N12O13. The number of hydrogen-bond acceptors (Lipinski definition) is 13. The summed E-state index contributed by atoms with van der Waals surface area (Å²) in [6.45, 7) is 13.0. The molecule has 3 unspecified atom stereocenters. The van der Waals surface area contributed by atoms with Crippen molar-refractivity contribution in [3.05, 3.63) is 0 Å². The summed E-state index contributed by atoms with van der Waals surface area (Å²) < 4.78 is 48.2. The van der Waals surface area contributed by atoms with E-state index in [1.54, 1.807) is 25.7 Å². The van der Waals surface area contributed by atoms with E-state index in [0.29, 0.717) is 58.0 Å². The van der Waals surface area contributed by atoms with Crippen LogP contribution in [0.15, 0.2) is 0 Å². The van der Waals surface area contributed by atoms with Crippen LogP contribution in [0.5, 0.6) is 0 Å². The highest BCUT2D eigenvalue weighted by Gasteiger charge is 2.53. The number of likely N-dealkylation sites (tertiary alicyclic amines) is 1. The molecule has 3 aliphatic carbocycles. The molecule has 0 bridgehead atoms. The van der Waals surface area contributed by atoms with Gasteiger partial charge in [-0.1, -0.05) is 99.8 Å². The first kappa shape index (κ1) is 84.9. The monoisotopic (exact) mass is 1490 g/mol. The van der Waals surface area contributed by atoms with Crippen LogP contribution in [0.25, 0.3) is 0 Å². The number of carbonyl (C=O) groups is 12. The van der Waals surface area contributed by atoms with Crippen molar-refractivity contribution in [2.24, 2.45) is 35.5 Å². The first-order valence-electron chi connectivity index (χ1n) is 38.8. The lowest BCUT2D eigenvalue weighted by Gasteiger charge is -2.45. The molecule has 0 radical (unpaired) electrons. The first-order chi connectivity index (χ1) is 49.1.